The summed E-state index contributed by atoms with van der Waals surface area (Å²) in [5.74, 6) is -0.0155. The van der Waals surface area contributed by atoms with E-state index >= 15 is 0 Å². The van der Waals surface area contributed by atoms with E-state index in [1.807, 2.05) is 4.90 Å². The predicted octanol–water partition coefficient (Wildman–Crippen LogP) is 2.24. The second-order valence-corrected chi connectivity index (χ2v) is 6.08. The summed E-state index contributed by atoms with van der Waals surface area (Å²) in [6.07, 6.45) is -3.08. The van der Waals surface area contributed by atoms with Gasteiger partial charge in [-0.2, -0.15) is 13.2 Å². The van der Waals surface area contributed by atoms with Crippen LogP contribution in [0.3, 0.4) is 0 Å². The van der Waals surface area contributed by atoms with Gasteiger partial charge in [-0.1, -0.05) is 0 Å². The summed E-state index contributed by atoms with van der Waals surface area (Å²) >= 11 is 1.35. The maximum absolute atomic E-state index is 12.2. The molecule has 10 heteroatoms. The number of rotatable bonds is 5. The van der Waals surface area contributed by atoms with Gasteiger partial charge in [-0.15, -0.1) is 11.3 Å². The van der Waals surface area contributed by atoms with Crippen LogP contribution in [-0.4, -0.2) is 59.7 Å². The number of carboxylic acid groups (broad SMARTS) is 1. The first kappa shape index (κ1) is 20.4. The molecule has 1 amide bonds. The molecule has 1 aromatic heterocycles. The van der Waals surface area contributed by atoms with Gasteiger partial charge in [0.05, 0.1) is 11.9 Å². The normalized spacial score (nSPS) is 18.4. The zero-order chi connectivity index (χ0) is 18.0. The summed E-state index contributed by atoms with van der Waals surface area (Å²) < 4.78 is 36.7. The molecule has 2 heterocycles. The van der Waals surface area contributed by atoms with E-state index in [0.717, 1.165) is 12.8 Å². The van der Waals surface area contributed by atoms with Gasteiger partial charge in [0.1, 0.15) is 5.69 Å². The molecule has 0 aliphatic carbocycles. The molecule has 1 saturated heterocycles. The Kier molecular flexibility index (Phi) is 8.69. The Morgan fingerprint density at radius 3 is 2.83 bits per heavy atom. The molecular weight excluding hydrogens is 347 g/mol. The highest BCUT2D eigenvalue weighted by atomic mass is 32.1. The average Bonchev–Trinajstić information content (AvgIpc) is 3.06. The van der Waals surface area contributed by atoms with E-state index in [9.17, 15) is 18.0 Å². The van der Waals surface area contributed by atoms with Crippen molar-refractivity contribution in [1.82, 2.24) is 15.2 Å². The van der Waals surface area contributed by atoms with Gasteiger partial charge >= 0.3 is 6.18 Å². The standard InChI is InChI=1S/C13H18F3N3OS.CH2O2/c14-13(15,16)3-5-19-4-1-2-10(7-19)6-17-12(20)11-8-21-9-18-11;2-1-3/h8-10H,1-7H2,(H,17,20);1H,(H,2,3). The smallest absolute Gasteiger partial charge is 0.390 e. The molecule has 1 fully saturated rings. The molecule has 1 unspecified atom stereocenters. The van der Waals surface area contributed by atoms with Gasteiger partial charge < -0.3 is 15.3 Å². The minimum absolute atomic E-state index is 0.0417. The number of halogens is 3. The highest BCUT2D eigenvalue weighted by Crippen LogP contribution is 2.22. The summed E-state index contributed by atoms with van der Waals surface area (Å²) in [5, 5.41) is 11.4. The van der Waals surface area contributed by atoms with Crippen LogP contribution >= 0.6 is 11.3 Å². The Labute approximate surface area is 141 Å². The van der Waals surface area contributed by atoms with Crippen LogP contribution in [0.25, 0.3) is 0 Å². The van der Waals surface area contributed by atoms with Crippen LogP contribution in [0.4, 0.5) is 13.2 Å². The lowest BCUT2D eigenvalue weighted by molar-refractivity contribution is -0.138. The minimum Gasteiger partial charge on any atom is -0.483 e. The molecule has 1 atom stereocenters. The second kappa shape index (κ2) is 10.2. The van der Waals surface area contributed by atoms with Gasteiger partial charge in [0.2, 0.25) is 0 Å². The van der Waals surface area contributed by atoms with Crippen molar-refractivity contribution in [1.29, 1.82) is 0 Å². The second-order valence-electron chi connectivity index (χ2n) is 5.36. The molecule has 6 nitrogen and oxygen atoms in total. The third kappa shape index (κ3) is 8.25. The molecule has 1 aromatic rings. The number of amides is 1. The Morgan fingerprint density at radius 1 is 1.54 bits per heavy atom. The fourth-order valence-electron chi connectivity index (χ4n) is 2.46. The molecule has 1 aliphatic heterocycles. The topological polar surface area (TPSA) is 82.5 Å². The molecule has 2 N–H and O–H groups in total. The number of nitrogens with one attached hydrogen (secondary N) is 1. The zero-order valence-corrected chi connectivity index (χ0v) is 13.8. The largest absolute Gasteiger partial charge is 0.483 e. The van der Waals surface area contributed by atoms with E-state index in [4.69, 9.17) is 9.90 Å². The van der Waals surface area contributed by atoms with Crippen molar-refractivity contribution in [3.8, 4) is 0 Å². The van der Waals surface area contributed by atoms with Gasteiger partial charge in [0.25, 0.3) is 12.4 Å². The number of likely N-dealkylation sites (tertiary alicyclic amines) is 1. The monoisotopic (exact) mass is 367 g/mol. The molecule has 0 spiro atoms. The predicted molar refractivity (Wildman–Crippen MR) is 83.0 cm³/mol. The molecule has 0 radical (unpaired) electrons. The van der Waals surface area contributed by atoms with Gasteiger partial charge in [-0.3, -0.25) is 9.59 Å². The van der Waals surface area contributed by atoms with Crippen molar-refractivity contribution >= 4 is 23.7 Å². The molecule has 0 saturated carbocycles. The molecule has 0 aromatic carbocycles. The van der Waals surface area contributed by atoms with Crippen LogP contribution in [0.2, 0.25) is 0 Å². The molecule has 24 heavy (non-hydrogen) atoms. The number of carbonyl (C=O) groups is 2. The molecule has 1 aliphatic rings. The first-order chi connectivity index (χ1) is 11.4. The fourth-order valence-corrected chi connectivity index (χ4v) is 2.99. The highest BCUT2D eigenvalue weighted by molar-refractivity contribution is 7.07. The van der Waals surface area contributed by atoms with E-state index < -0.39 is 12.6 Å². The molecule has 2 rings (SSSR count). The summed E-state index contributed by atoms with van der Waals surface area (Å²) in [4.78, 5) is 25.9. The number of nitrogens with zero attached hydrogens (tertiary/aromatic N) is 2. The third-order valence-electron chi connectivity index (χ3n) is 3.53. The molecular formula is C14H20F3N3O3S. The summed E-state index contributed by atoms with van der Waals surface area (Å²) in [6.45, 7) is 1.58. The lowest BCUT2D eigenvalue weighted by Crippen LogP contribution is -2.42. The van der Waals surface area contributed by atoms with Crippen LogP contribution in [0.5, 0.6) is 0 Å². The fraction of sp³-hybridized carbons (Fsp3) is 0.643. The SMILES string of the molecule is O=C(NCC1CCCN(CCC(F)(F)F)C1)c1cscn1.O=CO. The van der Waals surface area contributed by atoms with Gasteiger partial charge in [-0.25, -0.2) is 4.98 Å². The number of hydrogen-bond acceptors (Lipinski definition) is 5. The third-order valence-corrected chi connectivity index (χ3v) is 4.12. The van der Waals surface area contributed by atoms with E-state index in [2.05, 4.69) is 10.3 Å². The Balaban J connectivity index is 0.000000891. The average molecular weight is 367 g/mol. The number of carbonyl (C=O) groups excluding carboxylic acids is 1. The van der Waals surface area contributed by atoms with Crippen molar-refractivity contribution in [2.45, 2.75) is 25.4 Å². The number of aromatic nitrogens is 1. The van der Waals surface area contributed by atoms with Crippen molar-refractivity contribution < 1.29 is 27.9 Å². The van der Waals surface area contributed by atoms with Crippen LogP contribution in [0.15, 0.2) is 10.9 Å². The van der Waals surface area contributed by atoms with Crippen LogP contribution in [0.1, 0.15) is 29.8 Å². The van der Waals surface area contributed by atoms with Gasteiger partial charge in [0.15, 0.2) is 0 Å². The molecule has 0 bridgehead atoms. The van der Waals surface area contributed by atoms with Crippen LogP contribution < -0.4 is 5.32 Å². The summed E-state index contributed by atoms with van der Waals surface area (Å²) in [7, 11) is 0. The first-order valence-electron chi connectivity index (χ1n) is 7.39. The van der Waals surface area contributed by atoms with Crippen LogP contribution in [0, 0.1) is 5.92 Å². The number of thiazole rings is 1. The maximum Gasteiger partial charge on any atom is 0.390 e. The number of piperidine rings is 1. The van der Waals surface area contributed by atoms with E-state index in [1.54, 1.807) is 10.9 Å². The Hall–Kier alpha value is -1.68. The first-order valence-corrected chi connectivity index (χ1v) is 8.33. The summed E-state index contributed by atoms with van der Waals surface area (Å²) in [5.41, 5.74) is 1.98. The maximum atomic E-state index is 12.2. The Morgan fingerprint density at radius 2 is 2.25 bits per heavy atom. The summed E-state index contributed by atoms with van der Waals surface area (Å²) in [6, 6.07) is 0. The van der Waals surface area contributed by atoms with Crippen molar-refractivity contribution in [2.24, 2.45) is 5.92 Å². The van der Waals surface area contributed by atoms with Crippen molar-refractivity contribution in [2.75, 3.05) is 26.2 Å². The molecule has 136 valence electrons. The lowest BCUT2D eigenvalue weighted by Gasteiger charge is -2.32. The zero-order valence-electron chi connectivity index (χ0n) is 13.0. The van der Waals surface area contributed by atoms with Crippen molar-refractivity contribution in [3.63, 3.8) is 0 Å². The van der Waals surface area contributed by atoms with E-state index in [0.29, 0.717) is 25.3 Å². The van der Waals surface area contributed by atoms with E-state index in [1.165, 1.54) is 11.3 Å². The quantitative estimate of drug-likeness (QED) is 0.780. The minimum atomic E-state index is -4.11. The lowest BCUT2D eigenvalue weighted by atomic mass is 9.98. The Bertz CT molecular complexity index is 497. The highest BCUT2D eigenvalue weighted by Gasteiger charge is 2.29. The van der Waals surface area contributed by atoms with E-state index in [-0.39, 0.29) is 24.8 Å². The van der Waals surface area contributed by atoms with Crippen molar-refractivity contribution in [3.05, 3.63) is 16.6 Å². The van der Waals surface area contributed by atoms with Gasteiger partial charge in [0, 0.05) is 25.0 Å². The van der Waals surface area contributed by atoms with Crippen LogP contribution in [-0.2, 0) is 4.79 Å². The number of alkyl halides is 3. The number of hydrogen-bond donors (Lipinski definition) is 2. The van der Waals surface area contributed by atoms with Gasteiger partial charge in [-0.05, 0) is 25.3 Å².